The molecule has 0 aliphatic carbocycles. The van der Waals surface area contributed by atoms with Crippen molar-refractivity contribution in [3.8, 4) is 0 Å². The van der Waals surface area contributed by atoms with Gasteiger partial charge in [-0.05, 0) is 17.7 Å². The Morgan fingerprint density at radius 3 is 1.84 bits per heavy atom. The Morgan fingerprint density at radius 1 is 0.737 bits per heavy atom. The number of aliphatic hydroxyl groups is 1. The average Bonchev–Trinajstić information content (AvgIpc) is 2.31. The quantitative estimate of drug-likeness (QED) is 0.831. The third-order valence-corrected chi connectivity index (χ3v) is 2.58. The van der Waals surface area contributed by atoms with E-state index >= 15 is 0 Å². The molecule has 100 valence electrons. The van der Waals surface area contributed by atoms with Gasteiger partial charge in [-0.25, -0.2) is 22.0 Å². The highest BCUT2D eigenvalue weighted by molar-refractivity contribution is 5.32. The van der Waals surface area contributed by atoms with Crippen molar-refractivity contribution in [1.29, 1.82) is 0 Å². The minimum atomic E-state index is -1.87. The number of hydrogen-bond acceptors (Lipinski definition) is 1. The monoisotopic (exact) mass is 274 g/mol. The van der Waals surface area contributed by atoms with Crippen LogP contribution in [0.25, 0.3) is 0 Å². The summed E-state index contributed by atoms with van der Waals surface area (Å²) in [6, 6.07) is 3.09. The molecule has 19 heavy (non-hydrogen) atoms. The maximum Gasteiger partial charge on any atom is 0.159 e. The predicted molar refractivity (Wildman–Crippen MR) is 56.7 cm³/mol. The molecule has 0 aliphatic heterocycles. The van der Waals surface area contributed by atoms with E-state index in [-0.39, 0.29) is 5.56 Å². The van der Waals surface area contributed by atoms with Crippen molar-refractivity contribution in [2.24, 2.45) is 0 Å². The molecule has 0 saturated carbocycles. The molecule has 6 heteroatoms. The Bertz CT molecular complexity index is 603. The number of benzene rings is 2. The molecule has 2 rings (SSSR count). The molecule has 1 unspecified atom stereocenters. The van der Waals surface area contributed by atoms with Crippen LogP contribution in [0.4, 0.5) is 22.0 Å². The summed E-state index contributed by atoms with van der Waals surface area (Å²) >= 11 is 0. The van der Waals surface area contributed by atoms with Crippen LogP contribution >= 0.6 is 0 Å². The van der Waals surface area contributed by atoms with E-state index in [1.807, 2.05) is 0 Å². The summed E-state index contributed by atoms with van der Waals surface area (Å²) in [5.41, 5.74) is -1.07. The molecule has 0 aliphatic rings. The van der Waals surface area contributed by atoms with Gasteiger partial charge in [-0.2, -0.15) is 0 Å². The Morgan fingerprint density at radius 2 is 1.32 bits per heavy atom. The van der Waals surface area contributed by atoms with Crippen molar-refractivity contribution in [2.75, 3.05) is 0 Å². The summed E-state index contributed by atoms with van der Waals surface area (Å²) in [5, 5.41) is 9.77. The zero-order chi connectivity index (χ0) is 14.2. The maximum atomic E-state index is 13.4. The Kier molecular flexibility index (Phi) is 3.53. The van der Waals surface area contributed by atoms with E-state index in [2.05, 4.69) is 0 Å². The Balaban J connectivity index is 2.49. The van der Waals surface area contributed by atoms with E-state index in [0.29, 0.717) is 24.3 Å². The lowest BCUT2D eigenvalue weighted by molar-refractivity contribution is 0.208. The molecular weight excluding hydrogens is 267 g/mol. The summed E-state index contributed by atoms with van der Waals surface area (Å²) in [4.78, 5) is 0. The average molecular weight is 274 g/mol. The van der Waals surface area contributed by atoms with E-state index in [9.17, 15) is 27.1 Å². The SMILES string of the molecule is OC(c1ccc(F)c(F)c1)c1c(F)cc(F)cc1F. The van der Waals surface area contributed by atoms with Crippen molar-refractivity contribution >= 4 is 0 Å². The molecule has 1 atom stereocenters. The Hall–Kier alpha value is -1.95. The summed E-state index contributed by atoms with van der Waals surface area (Å²) < 4.78 is 65.3. The topological polar surface area (TPSA) is 20.2 Å². The molecule has 0 aromatic heterocycles. The van der Waals surface area contributed by atoms with E-state index in [1.54, 1.807) is 0 Å². The van der Waals surface area contributed by atoms with E-state index < -0.39 is 40.8 Å². The van der Waals surface area contributed by atoms with Crippen LogP contribution in [0.5, 0.6) is 0 Å². The standard InChI is InChI=1S/C13H7F5O/c14-7-4-10(17)12(11(18)5-7)13(19)6-1-2-8(15)9(16)3-6/h1-5,13,19H. The van der Waals surface area contributed by atoms with Crippen LogP contribution in [0.1, 0.15) is 17.2 Å². The number of rotatable bonds is 2. The molecular formula is C13H7F5O. The highest BCUT2D eigenvalue weighted by atomic mass is 19.2. The fraction of sp³-hybridized carbons (Fsp3) is 0.0769. The van der Waals surface area contributed by atoms with Crippen molar-refractivity contribution in [2.45, 2.75) is 6.10 Å². The second-order valence-corrected chi connectivity index (χ2v) is 3.86. The van der Waals surface area contributed by atoms with Gasteiger partial charge < -0.3 is 5.11 Å². The number of hydrogen-bond donors (Lipinski definition) is 1. The molecule has 0 heterocycles. The first-order chi connectivity index (χ1) is 8.90. The highest BCUT2D eigenvalue weighted by Gasteiger charge is 2.22. The van der Waals surface area contributed by atoms with E-state index in [0.717, 1.165) is 6.07 Å². The predicted octanol–water partition coefficient (Wildman–Crippen LogP) is 3.46. The smallest absolute Gasteiger partial charge is 0.159 e. The fourth-order valence-corrected chi connectivity index (χ4v) is 1.66. The van der Waals surface area contributed by atoms with Gasteiger partial charge in [0.2, 0.25) is 0 Å². The summed E-state index contributed by atoms with van der Waals surface area (Å²) in [5.74, 6) is -6.18. The second-order valence-electron chi connectivity index (χ2n) is 3.86. The third kappa shape index (κ3) is 2.58. The fourth-order valence-electron chi connectivity index (χ4n) is 1.66. The molecule has 1 N–H and O–H groups in total. The third-order valence-electron chi connectivity index (χ3n) is 2.58. The van der Waals surface area contributed by atoms with Gasteiger partial charge in [0, 0.05) is 12.1 Å². The van der Waals surface area contributed by atoms with Crippen LogP contribution in [-0.4, -0.2) is 5.11 Å². The number of halogens is 5. The van der Waals surface area contributed by atoms with Gasteiger partial charge in [0.1, 0.15) is 23.6 Å². The minimum absolute atomic E-state index is 0.247. The van der Waals surface area contributed by atoms with Crippen LogP contribution in [-0.2, 0) is 0 Å². The maximum absolute atomic E-state index is 13.4. The van der Waals surface area contributed by atoms with Gasteiger partial charge in [-0.15, -0.1) is 0 Å². The summed E-state index contributed by atoms with van der Waals surface area (Å²) in [7, 11) is 0. The first kappa shape index (κ1) is 13.5. The van der Waals surface area contributed by atoms with Crippen molar-refractivity contribution in [3.05, 3.63) is 70.5 Å². The molecule has 0 amide bonds. The van der Waals surface area contributed by atoms with Crippen molar-refractivity contribution < 1.29 is 27.1 Å². The van der Waals surface area contributed by atoms with Crippen molar-refractivity contribution in [3.63, 3.8) is 0 Å². The number of aliphatic hydroxyl groups excluding tert-OH is 1. The molecule has 0 bridgehead atoms. The molecule has 0 saturated heterocycles. The molecule has 2 aromatic rings. The van der Waals surface area contributed by atoms with Gasteiger partial charge in [-0.3, -0.25) is 0 Å². The first-order valence-corrected chi connectivity index (χ1v) is 5.17. The second kappa shape index (κ2) is 4.97. The van der Waals surface area contributed by atoms with Gasteiger partial charge in [0.15, 0.2) is 11.6 Å². The van der Waals surface area contributed by atoms with Gasteiger partial charge in [0.25, 0.3) is 0 Å². The van der Waals surface area contributed by atoms with Crippen LogP contribution in [0.2, 0.25) is 0 Å². The molecule has 0 radical (unpaired) electrons. The minimum Gasteiger partial charge on any atom is -0.383 e. The van der Waals surface area contributed by atoms with Crippen molar-refractivity contribution in [1.82, 2.24) is 0 Å². The van der Waals surface area contributed by atoms with Crippen LogP contribution < -0.4 is 0 Å². The largest absolute Gasteiger partial charge is 0.383 e. The highest BCUT2D eigenvalue weighted by Crippen LogP contribution is 2.28. The van der Waals surface area contributed by atoms with Crippen LogP contribution in [0.15, 0.2) is 30.3 Å². The van der Waals surface area contributed by atoms with Gasteiger partial charge in [-0.1, -0.05) is 6.07 Å². The van der Waals surface area contributed by atoms with Gasteiger partial charge >= 0.3 is 0 Å². The van der Waals surface area contributed by atoms with E-state index in [1.165, 1.54) is 0 Å². The summed E-state index contributed by atoms with van der Waals surface area (Å²) in [6.07, 6.45) is -1.87. The zero-order valence-electron chi connectivity index (χ0n) is 9.30. The Labute approximate surface area is 104 Å². The lowest BCUT2D eigenvalue weighted by Gasteiger charge is -2.13. The van der Waals surface area contributed by atoms with E-state index in [4.69, 9.17) is 0 Å². The molecule has 2 aromatic carbocycles. The summed E-state index contributed by atoms with van der Waals surface area (Å²) in [6.45, 7) is 0. The van der Waals surface area contributed by atoms with Gasteiger partial charge in [0.05, 0.1) is 5.56 Å². The molecule has 1 nitrogen and oxygen atoms in total. The van der Waals surface area contributed by atoms with Crippen LogP contribution in [0, 0.1) is 29.1 Å². The lowest BCUT2D eigenvalue weighted by Crippen LogP contribution is -2.07. The lowest BCUT2D eigenvalue weighted by atomic mass is 10.00. The van der Waals surface area contributed by atoms with Crippen LogP contribution in [0.3, 0.4) is 0 Å². The first-order valence-electron chi connectivity index (χ1n) is 5.17. The molecule has 0 fully saturated rings. The zero-order valence-corrected chi connectivity index (χ0v) is 9.30. The normalized spacial score (nSPS) is 12.5. The molecule has 0 spiro atoms.